The van der Waals surface area contributed by atoms with Gasteiger partial charge in [0.25, 0.3) is 0 Å². The van der Waals surface area contributed by atoms with Crippen molar-refractivity contribution < 1.29 is 23.5 Å². The zero-order valence-corrected chi connectivity index (χ0v) is 20.7. The summed E-state index contributed by atoms with van der Waals surface area (Å²) < 4.78 is 24.7. The third kappa shape index (κ3) is 5.69. The molecule has 192 valence electrons. The van der Waals surface area contributed by atoms with Crippen molar-refractivity contribution in [2.24, 2.45) is 5.92 Å². The first kappa shape index (κ1) is 24.6. The molecule has 2 aliphatic heterocycles. The maximum atomic E-state index is 13.9. The Kier molecular flexibility index (Phi) is 7.25. The van der Waals surface area contributed by atoms with Gasteiger partial charge < -0.3 is 25.0 Å². The number of amides is 3. The number of fused-ring (bicyclic) bond motifs is 1. The summed E-state index contributed by atoms with van der Waals surface area (Å²) in [6.07, 6.45) is 1.22. The SMILES string of the molecule is Cc1cc([C@@H]2CC[C@@H](C(=O)NCc3ccc4c(c3)OCO4)CN2C(=O)NCc2ccccc2)ccc1F. The van der Waals surface area contributed by atoms with E-state index in [0.29, 0.717) is 43.0 Å². The Labute approximate surface area is 215 Å². The van der Waals surface area contributed by atoms with Crippen molar-refractivity contribution in [2.45, 2.75) is 38.9 Å². The summed E-state index contributed by atoms with van der Waals surface area (Å²) in [5.41, 5.74) is 3.30. The summed E-state index contributed by atoms with van der Waals surface area (Å²) >= 11 is 0. The predicted octanol–water partition coefficient (Wildman–Crippen LogP) is 4.84. The number of likely N-dealkylation sites (tertiary alicyclic amines) is 1. The molecular weight excluding hydrogens is 473 g/mol. The van der Waals surface area contributed by atoms with E-state index in [0.717, 1.165) is 16.7 Å². The van der Waals surface area contributed by atoms with Crippen molar-refractivity contribution in [3.8, 4) is 11.5 Å². The molecule has 3 aromatic rings. The third-order valence-corrected chi connectivity index (χ3v) is 6.97. The monoisotopic (exact) mass is 503 g/mol. The Morgan fingerprint density at radius 2 is 1.70 bits per heavy atom. The van der Waals surface area contributed by atoms with Crippen molar-refractivity contribution in [1.29, 1.82) is 0 Å². The lowest BCUT2D eigenvalue weighted by atomic mass is 9.88. The van der Waals surface area contributed by atoms with Gasteiger partial charge >= 0.3 is 6.03 Å². The standard InChI is InChI=1S/C29H30FN3O4/c1-19-13-22(8-10-24(19)30)25-11-9-23(17-33(25)29(35)32-15-20-5-3-2-4-6-20)28(34)31-16-21-7-12-26-27(14-21)37-18-36-26/h2-8,10,12-14,23,25H,9,11,15-18H2,1H3,(H,31,34)(H,32,35)/t23-,25+/m1/s1. The number of carbonyl (C=O) groups excluding carboxylic acids is 2. The first-order chi connectivity index (χ1) is 18.0. The minimum atomic E-state index is -0.353. The molecule has 0 saturated carbocycles. The van der Waals surface area contributed by atoms with E-state index >= 15 is 0 Å². The average molecular weight is 504 g/mol. The summed E-state index contributed by atoms with van der Waals surface area (Å²) in [5, 5.41) is 6.00. The summed E-state index contributed by atoms with van der Waals surface area (Å²) in [6.45, 7) is 2.92. The van der Waals surface area contributed by atoms with Gasteiger partial charge in [-0.3, -0.25) is 4.79 Å². The highest BCUT2D eigenvalue weighted by molar-refractivity contribution is 5.81. The molecule has 2 heterocycles. The van der Waals surface area contributed by atoms with Gasteiger partial charge in [-0.05, 0) is 60.2 Å². The van der Waals surface area contributed by atoms with Crippen LogP contribution < -0.4 is 20.1 Å². The van der Waals surface area contributed by atoms with Gasteiger partial charge in [0, 0.05) is 19.6 Å². The van der Waals surface area contributed by atoms with Crippen molar-refractivity contribution in [3.63, 3.8) is 0 Å². The predicted molar refractivity (Wildman–Crippen MR) is 136 cm³/mol. The van der Waals surface area contributed by atoms with Crippen molar-refractivity contribution in [3.05, 3.63) is 94.8 Å². The zero-order valence-electron chi connectivity index (χ0n) is 20.7. The molecule has 0 unspecified atom stereocenters. The van der Waals surface area contributed by atoms with Crippen molar-refractivity contribution in [1.82, 2.24) is 15.5 Å². The normalized spacial score (nSPS) is 18.4. The fraction of sp³-hybridized carbons (Fsp3) is 0.310. The van der Waals surface area contributed by atoms with E-state index < -0.39 is 0 Å². The second-order valence-electron chi connectivity index (χ2n) is 9.50. The summed E-state index contributed by atoms with van der Waals surface area (Å²) in [4.78, 5) is 28.2. The Bertz CT molecular complexity index is 1280. The molecule has 2 atom stereocenters. The highest BCUT2D eigenvalue weighted by atomic mass is 19.1. The van der Waals surface area contributed by atoms with Gasteiger partial charge in [0.2, 0.25) is 12.7 Å². The van der Waals surface area contributed by atoms with E-state index in [2.05, 4.69) is 10.6 Å². The van der Waals surface area contributed by atoms with Crippen LogP contribution in [0.15, 0.2) is 66.7 Å². The number of carbonyl (C=O) groups is 2. The van der Waals surface area contributed by atoms with Gasteiger partial charge in [0.05, 0.1) is 12.0 Å². The highest BCUT2D eigenvalue weighted by Crippen LogP contribution is 2.35. The molecule has 0 radical (unpaired) electrons. The minimum absolute atomic E-state index is 0.104. The second-order valence-corrected chi connectivity index (χ2v) is 9.50. The summed E-state index contributed by atoms with van der Waals surface area (Å²) in [6, 6.07) is 19.7. The van der Waals surface area contributed by atoms with Crippen LogP contribution in [-0.4, -0.2) is 30.2 Å². The molecule has 3 aromatic carbocycles. The number of halogens is 1. The molecule has 7 nitrogen and oxygen atoms in total. The molecule has 2 aliphatic rings. The Morgan fingerprint density at radius 1 is 0.919 bits per heavy atom. The largest absolute Gasteiger partial charge is 0.454 e. The van der Waals surface area contributed by atoms with Crippen LogP contribution in [0.5, 0.6) is 11.5 Å². The Balaban J connectivity index is 1.27. The van der Waals surface area contributed by atoms with Crippen LogP contribution in [0.4, 0.5) is 9.18 Å². The van der Waals surface area contributed by atoms with Gasteiger partial charge in [-0.25, -0.2) is 9.18 Å². The third-order valence-electron chi connectivity index (χ3n) is 6.97. The van der Waals surface area contributed by atoms with Crippen LogP contribution in [0.1, 0.15) is 41.1 Å². The lowest BCUT2D eigenvalue weighted by Crippen LogP contribution is -2.50. The number of nitrogens with zero attached hydrogens (tertiary/aromatic N) is 1. The number of rotatable bonds is 6. The number of piperidine rings is 1. The van der Waals surface area contributed by atoms with Crippen molar-refractivity contribution >= 4 is 11.9 Å². The van der Waals surface area contributed by atoms with E-state index in [4.69, 9.17) is 9.47 Å². The van der Waals surface area contributed by atoms with Gasteiger partial charge in [0.1, 0.15) is 5.82 Å². The highest BCUT2D eigenvalue weighted by Gasteiger charge is 2.35. The lowest BCUT2D eigenvalue weighted by Gasteiger charge is -2.39. The van der Waals surface area contributed by atoms with Crippen LogP contribution in [-0.2, 0) is 17.9 Å². The summed E-state index contributed by atoms with van der Waals surface area (Å²) in [5.74, 6) is 0.631. The maximum Gasteiger partial charge on any atom is 0.318 e. The fourth-order valence-electron chi connectivity index (χ4n) is 4.89. The number of urea groups is 1. The second kappa shape index (κ2) is 10.9. The Hall–Kier alpha value is -4.07. The minimum Gasteiger partial charge on any atom is -0.454 e. The Morgan fingerprint density at radius 3 is 2.51 bits per heavy atom. The topological polar surface area (TPSA) is 79.9 Å². The lowest BCUT2D eigenvalue weighted by molar-refractivity contribution is -0.126. The van der Waals surface area contributed by atoms with Crippen LogP contribution in [0.2, 0.25) is 0 Å². The molecule has 0 aromatic heterocycles. The molecule has 0 spiro atoms. The molecule has 2 N–H and O–H groups in total. The van der Waals surface area contributed by atoms with Gasteiger partial charge in [-0.2, -0.15) is 0 Å². The molecule has 0 aliphatic carbocycles. The van der Waals surface area contributed by atoms with Crippen LogP contribution >= 0.6 is 0 Å². The van der Waals surface area contributed by atoms with Crippen LogP contribution in [0, 0.1) is 18.7 Å². The molecule has 0 bridgehead atoms. The van der Waals surface area contributed by atoms with E-state index in [1.54, 1.807) is 24.0 Å². The number of hydrogen-bond acceptors (Lipinski definition) is 4. The number of ether oxygens (including phenoxy) is 2. The van der Waals surface area contributed by atoms with E-state index in [1.807, 2.05) is 48.5 Å². The number of aryl methyl sites for hydroxylation is 1. The van der Waals surface area contributed by atoms with Crippen molar-refractivity contribution in [2.75, 3.05) is 13.3 Å². The number of benzene rings is 3. The smallest absolute Gasteiger partial charge is 0.318 e. The van der Waals surface area contributed by atoms with Crippen LogP contribution in [0.25, 0.3) is 0 Å². The fourth-order valence-corrected chi connectivity index (χ4v) is 4.89. The van der Waals surface area contributed by atoms with E-state index in [9.17, 15) is 14.0 Å². The molecule has 3 amide bonds. The van der Waals surface area contributed by atoms with E-state index in [1.165, 1.54) is 6.07 Å². The first-order valence-corrected chi connectivity index (χ1v) is 12.5. The summed E-state index contributed by atoms with van der Waals surface area (Å²) in [7, 11) is 0. The molecule has 37 heavy (non-hydrogen) atoms. The van der Waals surface area contributed by atoms with Gasteiger partial charge in [-0.1, -0.05) is 48.5 Å². The van der Waals surface area contributed by atoms with Crippen LogP contribution in [0.3, 0.4) is 0 Å². The van der Waals surface area contributed by atoms with E-state index in [-0.39, 0.29) is 43.1 Å². The molecular formula is C29H30FN3O4. The average Bonchev–Trinajstić information content (AvgIpc) is 3.40. The molecule has 1 saturated heterocycles. The molecule has 1 fully saturated rings. The molecule has 5 rings (SSSR count). The maximum absolute atomic E-state index is 13.9. The zero-order chi connectivity index (χ0) is 25.8. The van der Waals surface area contributed by atoms with Gasteiger partial charge in [-0.15, -0.1) is 0 Å². The quantitative estimate of drug-likeness (QED) is 0.505. The number of hydrogen-bond donors (Lipinski definition) is 2. The van der Waals surface area contributed by atoms with Gasteiger partial charge in [0.15, 0.2) is 11.5 Å². The number of nitrogens with one attached hydrogen (secondary N) is 2. The molecule has 8 heteroatoms. The first-order valence-electron chi connectivity index (χ1n) is 12.5.